The minimum Gasteiger partial charge on any atom is -0.449 e. The average molecular weight is 457 g/mol. The highest BCUT2D eigenvalue weighted by Crippen LogP contribution is 2.20. The third-order valence-corrected chi connectivity index (χ3v) is 5.90. The van der Waals surface area contributed by atoms with Crippen LogP contribution >= 0.6 is 11.6 Å². The second-order valence-corrected chi connectivity index (χ2v) is 8.61. The number of halogens is 1. The highest BCUT2D eigenvalue weighted by Gasteiger charge is 2.32. The molecule has 0 saturated heterocycles. The van der Waals surface area contributed by atoms with Gasteiger partial charge in [-0.05, 0) is 51.3 Å². The molecule has 1 heterocycles. The molecule has 1 N–H and O–H groups in total. The predicted molar refractivity (Wildman–Crippen MR) is 124 cm³/mol. The van der Waals surface area contributed by atoms with Crippen molar-refractivity contribution in [3.8, 4) is 6.07 Å². The summed E-state index contributed by atoms with van der Waals surface area (Å²) in [6.45, 7) is 11.0. The van der Waals surface area contributed by atoms with Crippen LogP contribution in [0.1, 0.15) is 50.2 Å². The summed E-state index contributed by atoms with van der Waals surface area (Å²) in [5, 5.41) is 17.2. The van der Waals surface area contributed by atoms with Gasteiger partial charge in [-0.3, -0.25) is 9.48 Å². The summed E-state index contributed by atoms with van der Waals surface area (Å²) in [6.07, 6.45) is 1.86. The third-order valence-electron chi connectivity index (χ3n) is 5.53. The van der Waals surface area contributed by atoms with Gasteiger partial charge in [0.25, 0.3) is 5.91 Å². The number of carbonyl (C=O) groups is 2. The minimum absolute atomic E-state index is 0.104. The van der Waals surface area contributed by atoms with Gasteiger partial charge in [-0.1, -0.05) is 43.6 Å². The molecule has 170 valence electrons. The van der Waals surface area contributed by atoms with Gasteiger partial charge in [0.15, 0.2) is 6.10 Å². The predicted octanol–water partition coefficient (Wildman–Crippen LogP) is 4.20. The maximum atomic E-state index is 12.4. The molecule has 0 fully saturated rings. The number of benzene rings is 1. The molecule has 0 spiro atoms. The van der Waals surface area contributed by atoms with Gasteiger partial charge in [0, 0.05) is 22.4 Å². The fourth-order valence-electron chi connectivity index (χ4n) is 2.97. The Morgan fingerprint density at radius 3 is 2.56 bits per heavy atom. The Morgan fingerprint density at radius 2 is 1.97 bits per heavy atom. The Kier molecular flexibility index (Phi) is 8.23. The highest BCUT2D eigenvalue weighted by molar-refractivity contribution is 6.31. The Labute approximate surface area is 194 Å². The van der Waals surface area contributed by atoms with Gasteiger partial charge in [-0.25, -0.2) is 4.79 Å². The van der Waals surface area contributed by atoms with Crippen molar-refractivity contribution in [2.75, 3.05) is 0 Å². The summed E-state index contributed by atoms with van der Waals surface area (Å²) < 4.78 is 7.04. The first-order valence-electron chi connectivity index (χ1n) is 10.4. The molecular formula is C24H29ClN4O3. The molecule has 32 heavy (non-hydrogen) atoms. The molecule has 1 aromatic heterocycles. The Bertz CT molecular complexity index is 1070. The van der Waals surface area contributed by atoms with Crippen molar-refractivity contribution in [2.24, 2.45) is 5.92 Å². The van der Waals surface area contributed by atoms with E-state index in [0.717, 1.165) is 22.5 Å². The van der Waals surface area contributed by atoms with Crippen LogP contribution in [0.15, 0.2) is 30.3 Å². The number of ether oxygens (including phenoxy) is 1. The van der Waals surface area contributed by atoms with Crippen molar-refractivity contribution in [1.29, 1.82) is 5.26 Å². The second-order valence-electron chi connectivity index (χ2n) is 8.20. The zero-order chi connectivity index (χ0) is 24.1. The first-order valence-corrected chi connectivity index (χ1v) is 10.8. The van der Waals surface area contributed by atoms with Crippen molar-refractivity contribution >= 4 is 29.6 Å². The van der Waals surface area contributed by atoms with Crippen molar-refractivity contribution < 1.29 is 14.3 Å². The van der Waals surface area contributed by atoms with E-state index in [-0.39, 0.29) is 5.92 Å². The van der Waals surface area contributed by atoms with Crippen LogP contribution in [-0.2, 0) is 20.9 Å². The van der Waals surface area contributed by atoms with E-state index in [2.05, 4.69) is 16.5 Å². The first-order chi connectivity index (χ1) is 15.0. The molecule has 0 saturated carbocycles. The summed E-state index contributed by atoms with van der Waals surface area (Å²) in [6, 6.07) is 9.66. The van der Waals surface area contributed by atoms with E-state index in [1.807, 2.05) is 56.6 Å². The summed E-state index contributed by atoms with van der Waals surface area (Å²) in [5.41, 5.74) is 2.33. The smallest absolute Gasteiger partial charge is 0.331 e. The lowest BCUT2D eigenvalue weighted by Gasteiger charge is -2.28. The van der Waals surface area contributed by atoms with Gasteiger partial charge in [-0.15, -0.1) is 0 Å². The van der Waals surface area contributed by atoms with Gasteiger partial charge in [0.1, 0.15) is 5.54 Å². The highest BCUT2D eigenvalue weighted by atomic mass is 35.5. The van der Waals surface area contributed by atoms with Gasteiger partial charge in [-0.2, -0.15) is 10.4 Å². The lowest BCUT2D eigenvalue weighted by atomic mass is 9.90. The number of nitriles is 1. The number of aryl methyl sites for hydroxylation is 1. The summed E-state index contributed by atoms with van der Waals surface area (Å²) in [4.78, 5) is 24.6. The molecule has 2 rings (SSSR count). The van der Waals surface area contributed by atoms with Crippen LogP contribution in [0.4, 0.5) is 0 Å². The number of rotatable bonds is 8. The van der Waals surface area contributed by atoms with Crippen molar-refractivity contribution in [3.05, 3.63) is 57.9 Å². The minimum atomic E-state index is -1.04. The van der Waals surface area contributed by atoms with E-state index in [1.165, 1.54) is 13.0 Å². The SMILES string of the molecule is Cc1nn(Cc2ccccc2Cl)c(C)c1/C=C/C(=O)OC(C)C(=O)NC(C)(C#N)C(C)C. The van der Waals surface area contributed by atoms with Gasteiger partial charge >= 0.3 is 5.97 Å². The Balaban J connectivity index is 2.06. The zero-order valence-corrected chi connectivity index (χ0v) is 20.0. The van der Waals surface area contributed by atoms with E-state index in [0.29, 0.717) is 11.6 Å². The fourth-order valence-corrected chi connectivity index (χ4v) is 3.17. The third kappa shape index (κ3) is 5.98. The van der Waals surface area contributed by atoms with E-state index in [9.17, 15) is 14.9 Å². The number of hydrogen-bond donors (Lipinski definition) is 1. The van der Waals surface area contributed by atoms with Crippen LogP contribution in [0.25, 0.3) is 6.08 Å². The number of carbonyl (C=O) groups excluding carboxylic acids is 2. The van der Waals surface area contributed by atoms with E-state index in [1.54, 1.807) is 13.0 Å². The monoisotopic (exact) mass is 456 g/mol. The molecule has 8 heteroatoms. The fraction of sp³-hybridized carbons (Fsp3) is 0.417. The van der Waals surface area contributed by atoms with Crippen molar-refractivity contribution in [1.82, 2.24) is 15.1 Å². The quantitative estimate of drug-likeness (QED) is 0.474. The van der Waals surface area contributed by atoms with Crippen LogP contribution in [0.3, 0.4) is 0 Å². The topological polar surface area (TPSA) is 97.0 Å². The van der Waals surface area contributed by atoms with Gasteiger partial charge < -0.3 is 10.1 Å². The number of aromatic nitrogens is 2. The summed E-state index contributed by atoms with van der Waals surface area (Å²) >= 11 is 6.25. The normalized spacial score (nSPS) is 14.1. The molecule has 0 radical (unpaired) electrons. The molecule has 2 atom stereocenters. The molecule has 0 bridgehead atoms. The summed E-state index contributed by atoms with van der Waals surface area (Å²) in [7, 11) is 0. The second kappa shape index (κ2) is 10.5. The summed E-state index contributed by atoms with van der Waals surface area (Å²) in [5.74, 6) is -1.29. The molecule has 0 aliphatic heterocycles. The zero-order valence-electron chi connectivity index (χ0n) is 19.3. The van der Waals surface area contributed by atoms with Crippen LogP contribution in [0.5, 0.6) is 0 Å². The maximum absolute atomic E-state index is 12.4. The van der Waals surface area contributed by atoms with Crippen LogP contribution in [0.2, 0.25) is 5.02 Å². The van der Waals surface area contributed by atoms with Crippen molar-refractivity contribution in [3.63, 3.8) is 0 Å². The first kappa shape index (κ1) is 25.2. The average Bonchev–Trinajstić information content (AvgIpc) is 3.00. The van der Waals surface area contributed by atoms with E-state index < -0.39 is 23.5 Å². The maximum Gasteiger partial charge on any atom is 0.331 e. The molecule has 1 aromatic carbocycles. The largest absolute Gasteiger partial charge is 0.449 e. The van der Waals surface area contributed by atoms with Crippen LogP contribution < -0.4 is 5.32 Å². The standard InChI is InChI=1S/C24H29ClN4O3/c1-15(2)24(6,14-26)27-23(31)18(5)32-22(30)12-11-20-16(3)28-29(17(20)4)13-19-9-7-8-10-21(19)25/h7-12,15,18H,13H2,1-6H3,(H,27,31)/b12-11+. The number of nitrogens with zero attached hydrogens (tertiary/aromatic N) is 3. The number of amides is 1. The molecule has 2 unspecified atom stereocenters. The molecule has 0 aliphatic rings. The Morgan fingerprint density at radius 1 is 1.31 bits per heavy atom. The molecule has 2 aromatic rings. The van der Waals surface area contributed by atoms with Crippen LogP contribution in [-0.4, -0.2) is 33.3 Å². The number of hydrogen-bond acceptors (Lipinski definition) is 5. The lowest BCUT2D eigenvalue weighted by molar-refractivity contribution is -0.150. The van der Waals surface area contributed by atoms with Gasteiger partial charge in [0.2, 0.25) is 0 Å². The molecule has 7 nitrogen and oxygen atoms in total. The number of esters is 1. The molecule has 1 amide bonds. The lowest BCUT2D eigenvalue weighted by Crippen LogP contribution is -2.52. The van der Waals surface area contributed by atoms with Gasteiger partial charge in [0.05, 0.1) is 18.3 Å². The number of nitrogens with one attached hydrogen (secondary N) is 1. The van der Waals surface area contributed by atoms with Crippen molar-refractivity contribution in [2.45, 2.75) is 59.7 Å². The van der Waals surface area contributed by atoms with E-state index >= 15 is 0 Å². The molecular weight excluding hydrogens is 428 g/mol. The Hall–Kier alpha value is -3.11. The van der Waals surface area contributed by atoms with E-state index in [4.69, 9.17) is 16.3 Å². The molecule has 0 aliphatic carbocycles. The van der Waals surface area contributed by atoms with Crippen LogP contribution in [0, 0.1) is 31.1 Å².